The van der Waals surface area contributed by atoms with Crippen molar-refractivity contribution in [2.75, 3.05) is 11.6 Å². The minimum atomic E-state index is -0.325. The molecule has 0 radical (unpaired) electrons. The largest absolute Gasteiger partial charge is 0.473 e. The Morgan fingerprint density at radius 2 is 1.92 bits per heavy atom. The van der Waals surface area contributed by atoms with Crippen LogP contribution < -0.4 is 15.3 Å². The standard InChI is InChI=1S/C20H15BrFNO3/c21-11-4-6-17(16(22)8-11)23-9-15-18(25-10-23)7-5-13-12-2-1-3-14(12)20(24)26-19(13)15/h4-8H,1-3,9-10H2. The van der Waals surface area contributed by atoms with Crippen LogP contribution in [0, 0.1) is 5.82 Å². The SMILES string of the molecule is O=c1oc2c3c(ccc2c2c1CCC2)OCN(c1ccc(Br)cc1F)C3. The molecule has 4 nitrogen and oxygen atoms in total. The van der Waals surface area contributed by atoms with Gasteiger partial charge >= 0.3 is 5.63 Å². The van der Waals surface area contributed by atoms with E-state index < -0.39 is 0 Å². The quantitative estimate of drug-likeness (QED) is 0.547. The van der Waals surface area contributed by atoms with Crippen LogP contribution in [0.4, 0.5) is 10.1 Å². The molecular weight excluding hydrogens is 401 g/mol. The van der Waals surface area contributed by atoms with Gasteiger partial charge in [-0.05, 0) is 55.2 Å². The molecule has 0 bridgehead atoms. The summed E-state index contributed by atoms with van der Waals surface area (Å²) < 4.78 is 26.6. The van der Waals surface area contributed by atoms with Crippen molar-refractivity contribution in [2.45, 2.75) is 25.8 Å². The van der Waals surface area contributed by atoms with Gasteiger partial charge in [-0.15, -0.1) is 0 Å². The Balaban J connectivity index is 1.65. The molecule has 0 saturated carbocycles. The zero-order valence-corrected chi connectivity index (χ0v) is 15.4. The minimum absolute atomic E-state index is 0.242. The number of hydrogen-bond acceptors (Lipinski definition) is 4. The molecule has 0 saturated heterocycles. The van der Waals surface area contributed by atoms with E-state index in [0.717, 1.165) is 41.3 Å². The van der Waals surface area contributed by atoms with Gasteiger partial charge in [-0.3, -0.25) is 0 Å². The number of nitrogens with zero attached hydrogens (tertiary/aromatic N) is 1. The first-order chi connectivity index (χ1) is 12.6. The van der Waals surface area contributed by atoms with Crippen molar-refractivity contribution in [2.24, 2.45) is 0 Å². The van der Waals surface area contributed by atoms with Gasteiger partial charge in [0.2, 0.25) is 0 Å². The maximum atomic E-state index is 14.4. The summed E-state index contributed by atoms with van der Waals surface area (Å²) in [7, 11) is 0. The normalized spacial score (nSPS) is 15.7. The van der Waals surface area contributed by atoms with Crippen LogP contribution in [0.5, 0.6) is 5.75 Å². The van der Waals surface area contributed by atoms with Crippen LogP contribution in [0.15, 0.2) is 44.0 Å². The lowest BCUT2D eigenvalue weighted by atomic mass is 10.0. The fraction of sp³-hybridized carbons (Fsp3) is 0.250. The lowest BCUT2D eigenvalue weighted by Crippen LogP contribution is -2.32. The molecule has 1 aromatic heterocycles. The van der Waals surface area contributed by atoms with Crippen LogP contribution in [0.1, 0.15) is 23.1 Å². The zero-order chi connectivity index (χ0) is 17.8. The van der Waals surface area contributed by atoms with Crippen LogP contribution in [-0.4, -0.2) is 6.73 Å². The van der Waals surface area contributed by atoms with Gasteiger partial charge in [0, 0.05) is 15.4 Å². The van der Waals surface area contributed by atoms with E-state index in [2.05, 4.69) is 15.9 Å². The molecule has 0 N–H and O–H groups in total. The van der Waals surface area contributed by atoms with Crippen LogP contribution >= 0.6 is 15.9 Å². The third-order valence-corrected chi connectivity index (χ3v) is 5.67. The summed E-state index contributed by atoms with van der Waals surface area (Å²) in [5.74, 6) is 0.362. The third kappa shape index (κ3) is 2.35. The van der Waals surface area contributed by atoms with Crippen LogP contribution in [0.25, 0.3) is 11.0 Å². The van der Waals surface area contributed by atoms with Crippen LogP contribution in [-0.2, 0) is 19.4 Å². The van der Waals surface area contributed by atoms with E-state index in [1.54, 1.807) is 17.0 Å². The minimum Gasteiger partial charge on any atom is -0.473 e. The molecule has 132 valence electrons. The Morgan fingerprint density at radius 3 is 2.77 bits per heavy atom. The molecule has 2 heterocycles. The lowest BCUT2D eigenvalue weighted by Gasteiger charge is -2.31. The van der Waals surface area contributed by atoms with Crippen molar-refractivity contribution in [3.05, 3.63) is 67.7 Å². The van der Waals surface area contributed by atoms with Gasteiger partial charge in [0.05, 0.1) is 17.8 Å². The van der Waals surface area contributed by atoms with E-state index in [9.17, 15) is 9.18 Å². The predicted octanol–water partition coefficient (Wildman–Crippen LogP) is 4.54. The first kappa shape index (κ1) is 15.9. The second-order valence-electron chi connectivity index (χ2n) is 6.69. The van der Waals surface area contributed by atoms with E-state index >= 15 is 0 Å². The molecule has 1 aliphatic heterocycles. The van der Waals surface area contributed by atoms with Gasteiger partial charge in [-0.25, -0.2) is 9.18 Å². The molecule has 1 aliphatic carbocycles. The molecule has 5 rings (SSSR count). The molecule has 2 aromatic carbocycles. The lowest BCUT2D eigenvalue weighted by molar-refractivity contribution is 0.287. The molecule has 0 fully saturated rings. The molecular formula is C20H15BrFNO3. The van der Waals surface area contributed by atoms with Gasteiger partial charge in [0.1, 0.15) is 17.1 Å². The molecule has 2 aliphatic rings. The molecule has 3 aromatic rings. The second kappa shape index (κ2) is 5.84. The number of anilines is 1. The molecule has 0 unspecified atom stereocenters. The predicted molar refractivity (Wildman–Crippen MR) is 100 cm³/mol. The van der Waals surface area contributed by atoms with Crippen LogP contribution in [0.3, 0.4) is 0 Å². The van der Waals surface area contributed by atoms with Gasteiger partial charge in [0.25, 0.3) is 0 Å². The fourth-order valence-corrected chi connectivity index (χ4v) is 4.28. The average Bonchev–Trinajstić information content (AvgIpc) is 3.12. The summed E-state index contributed by atoms with van der Waals surface area (Å²) in [4.78, 5) is 14.2. The Bertz CT molecular complexity index is 1110. The van der Waals surface area contributed by atoms with Crippen molar-refractivity contribution in [3.8, 4) is 5.75 Å². The second-order valence-corrected chi connectivity index (χ2v) is 7.60. The summed E-state index contributed by atoms with van der Waals surface area (Å²) in [6.45, 7) is 0.666. The van der Waals surface area contributed by atoms with Crippen molar-refractivity contribution in [1.29, 1.82) is 0 Å². The van der Waals surface area contributed by atoms with Gasteiger partial charge < -0.3 is 14.1 Å². The Hall–Kier alpha value is -2.34. The summed E-state index contributed by atoms with van der Waals surface area (Å²) in [5, 5.41) is 0.970. The maximum Gasteiger partial charge on any atom is 0.339 e. The first-order valence-electron chi connectivity index (χ1n) is 8.55. The number of ether oxygens (including phenoxy) is 1. The molecule has 0 amide bonds. The monoisotopic (exact) mass is 415 g/mol. The number of rotatable bonds is 1. The Labute approximate surface area is 157 Å². The average molecular weight is 416 g/mol. The highest BCUT2D eigenvalue weighted by Gasteiger charge is 2.26. The smallest absolute Gasteiger partial charge is 0.339 e. The van der Waals surface area contributed by atoms with Crippen molar-refractivity contribution >= 4 is 32.6 Å². The Kier molecular flexibility index (Phi) is 3.57. The highest BCUT2D eigenvalue weighted by Crippen LogP contribution is 2.37. The molecule has 0 spiro atoms. The number of halogens is 2. The van der Waals surface area contributed by atoms with E-state index in [4.69, 9.17) is 9.15 Å². The summed E-state index contributed by atoms with van der Waals surface area (Å²) >= 11 is 3.28. The van der Waals surface area contributed by atoms with E-state index in [-0.39, 0.29) is 18.2 Å². The van der Waals surface area contributed by atoms with E-state index in [1.807, 2.05) is 12.1 Å². The van der Waals surface area contributed by atoms with Crippen molar-refractivity contribution in [1.82, 2.24) is 0 Å². The van der Waals surface area contributed by atoms with Gasteiger partial charge in [0.15, 0.2) is 6.73 Å². The first-order valence-corrected chi connectivity index (χ1v) is 9.34. The number of aryl methyl sites for hydroxylation is 1. The van der Waals surface area contributed by atoms with Crippen molar-refractivity contribution < 1.29 is 13.5 Å². The molecule has 26 heavy (non-hydrogen) atoms. The molecule has 6 heteroatoms. The maximum absolute atomic E-state index is 14.4. The van der Waals surface area contributed by atoms with Crippen LogP contribution in [0.2, 0.25) is 0 Å². The fourth-order valence-electron chi connectivity index (χ4n) is 3.95. The summed E-state index contributed by atoms with van der Waals surface area (Å²) in [5.41, 5.74) is 3.44. The number of hydrogen-bond donors (Lipinski definition) is 0. The highest BCUT2D eigenvalue weighted by molar-refractivity contribution is 9.10. The summed E-state index contributed by atoms with van der Waals surface area (Å²) in [6, 6.07) is 8.83. The zero-order valence-electron chi connectivity index (χ0n) is 13.9. The van der Waals surface area contributed by atoms with Crippen molar-refractivity contribution in [3.63, 3.8) is 0 Å². The van der Waals surface area contributed by atoms with Gasteiger partial charge in [-0.1, -0.05) is 15.9 Å². The summed E-state index contributed by atoms with van der Waals surface area (Å²) in [6.07, 6.45) is 2.64. The highest BCUT2D eigenvalue weighted by atomic mass is 79.9. The van der Waals surface area contributed by atoms with E-state index in [0.29, 0.717) is 28.0 Å². The van der Waals surface area contributed by atoms with Gasteiger partial charge in [-0.2, -0.15) is 0 Å². The van der Waals surface area contributed by atoms with E-state index in [1.165, 1.54) is 6.07 Å². The topological polar surface area (TPSA) is 42.7 Å². The number of fused-ring (bicyclic) bond motifs is 5. The third-order valence-electron chi connectivity index (χ3n) is 5.18. The number of benzene rings is 2. The molecule has 0 atom stereocenters. The Morgan fingerprint density at radius 1 is 1.08 bits per heavy atom.